The molecule has 0 heterocycles. The Morgan fingerprint density at radius 3 is 1.78 bits per heavy atom. The largest absolute Gasteiger partial charge is 0.481 e. The molecule has 1 unspecified atom stereocenters. The number of unbranched alkanes of at least 4 members (excludes halogenated alkanes) is 4. The molecule has 0 saturated heterocycles. The van der Waals surface area contributed by atoms with E-state index in [1.54, 1.807) is 13.8 Å². The maximum atomic E-state index is 11.9. The number of aliphatic carboxylic acids is 1. The Labute approximate surface area is 144 Å². The number of hydrogen-bond acceptors (Lipinski definition) is 3. The minimum absolute atomic E-state index is 0.00286. The Balaban J connectivity index is 3.57. The van der Waals surface area contributed by atoms with Crippen molar-refractivity contribution < 1.29 is 19.2 Å². The molecule has 23 heavy (non-hydrogen) atoms. The van der Waals surface area contributed by atoms with Crippen LogP contribution >= 0.6 is 0 Å². The topological polar surface area (TPSA) is 74.6 Å². The van der Waals surface area contributed by atoms with Crippen LogP contribution < -0.4 is 0 Å². The van der Waals surface area contributed by atoms with E-state index in [1.165, 1.54) is 0 Å². The minimum Gasteiger partial charge on any atom is -0.481 e. The second-order valence-electron chi connectivity index (χ2n) is 7.98. The van der Waals surface area contributed by atoms with Gasteiger partial charge in [-0.15, -0.1) is 0 Å². The molecule has 0 aromatic heterocycles. The third-order valence-electron chi connectivity index (χ3n) is 4.41. The van der Waals surface area contributed by atoms with E-state index in [0.717, 1.165) is 56.5 Å². The predicted octanol–water partition coefficient (Wildman–Crippen LogP) is 3.99. The lowest BCUT2D eigenvalue weighted by molar-refractivity contribution is -0.147. The van der Waals surface area contributed by atoms with Gasteiger partial charge >= 0.3 is 5.97 Å². The van der Waals surface area contributed by atoms with Crippen LogP contribution in [0.4, 0.5) is 0 Å². The lowest BCUT2D eigenvalue weighted by atomic mass is 9.87. The summed E-state index contributed by atoms with van der Waals surface area (Å²) in [5.74, 6) is 0.751. The molecule has 0 rings (SSSR count). The van der Waals surface area contributed by atoms with Gasteiger partial charge in [-0.1, -0.05) is 39.5 Å². The van der Waals surface area contributed by atoms with Crippen LogP contribution in [0.1, 0.15) is 79.1 Å². The molecule has 0 aromatic rings. The zero-order valence-corrected chi connectivity index (χ0v) is 16.2. The smallest absolute Gasteiger partial charge is 0.309 e. The number of rotatable bonds is 14. The zero-order valence-electron chi connectivity index (χ0n) is 15.4. The molecule has 1 atom stereocenters. The van der Waals surface area contributed by atoms with Crippen LogP contribution in [0.5, 0.6) is 0 Å². The van der Waals surface area contributed by atoms with Crippen LogP contribution in [0.15, 0.2) is 0 Å². The van der Waals surface area contributed by atoms with Crippen molar-refractivity contribution in [2.45, 2.75) is 79.1 Å². The first-order valence-electron chi connectivity index (χ1n) is 8.80. The number of carbonyl (C=O) groups is 1. The Morgan fingerprint density at radius 2 is 1.35 bits per heavy atom. The number of aliphatic hydroxyl groups is 1. The molecule has 5 heteroatoms. The summed E-state index contributed by atoms with van der Waals surface area (Å²) >= 11 is 0. The van der Waals surface area contributed by atoms with Crippen molar-refractivity contribution >= 4 is 16.8 Å². The van der Waals surface area contributed by atoms with Gasteiger partial charge in [0, 0.05) is 28.9 Å². The fourth-order valence-electron chi connectivity index (χ4n) is 2.34. The van der Waals surface area contributed by atoms with Crippen molar-refractivity contribution in [2.24, 2.45) is 10.8 Å². The summed E-state index contributed by atoms with van der Waals surface area (Å²) in [5.41, 5.74) is -0.648. The van der Waals surface area contributed by atoms with Crippen LogP contribution in [0, 0.1) is 10.8 Å². The van der Waals surface area contributed by atoms with Crippen LogP contribution in [0.2, 0.25) is 0 Å². The van der Waals surface area contributed by atoms with E-state index in [0.29, 0.717) is 6.42 Å². The molecule has 0 aliphatic carbocycles. The van der Waals surface area contributed by atoms with Gasteiger partial charge < -0.3 is 10.2 Å². The van der Waals surface area contributed by atoms with E-state index < -0.39 is 22.2 Å². The van der Waals surface area contributed by atoms with Crippen LogP contribution in [0.3, 0.4) is 0 Å². The van der Waals surface area contributed by atoms with Gasteiger partial charge in [0.15, 0.2) is 0 Å². The first-order chi connectivity index (χ1) is 10.6. The fraction of sp³-hybridized carbons (Fsp3) is 0.944. The summed E-state index contributed by atoms with van der Waals surface area (Å²) in [4.78, 5) is 11.0. The molecule has 0 aliphatic heterocycles. The summed E-state index contributed by atoms with van der Waals surface area (Å²) < 4.78 is 11.9. The average Bonchev–Trinajstić information content (AvgIpc) is 2.46. The highest BCUT2D eigenvalue weighted by molar-refractivity contribution is 7.84. The molecule has 0 saturated carbocycles. The zero-order chi connectivity index (χ0) is 17.9. The van der Waals surface area contributed by atoms with Crippen LogP contribution in [-0.2, 0) is 15.6 Å². The second-order valence-corrected chi connectivity index (χ2v) is 9.68. The van der Waals surface area contributed by atoms with Crippen molar-refractivity contribution in [1.29, 1.82) is 0 Å². The molecule has 0 aromatic carbocycles. The fourth-order valence-corrected chi connectivity index (χ4v) is 3.59. The average molecular weight is 349 g/mol. The molecular formula is C18H36O4S. The minimum atomic E-state index is -0.746. The lowest BCUT2D eigenvalue weighted by Crippen LogP contribution is -2.23. The summed E-state index contributed by atoms with van der Waals surface area (Å²) in [7, 11) is -0.746. The van der Waals surface area contributed by atoms with Gasteiger partial charge in [0.1, 0.15) is 0 Å². The highest BCUT2D eigenvalue weighted by atomic mass is 32.2. The first-order valence-corrected chi connectivity index (χ1v) is 10.3. The molecule has 0 amide bonds. The van der Waals surface area contributed by atoms with Crippen LogP contribution in [-0.4, -0.2) is 38.5 Å². The highest BCUT2D eigenvalue weighted by Gasteiger charge is 2.25. The maximum absolute atomic E-state index is 11.9. The quantitative estimate of drug-likeness (QED) is 0.466. The number of hydrogen-bond donors (Lipinski definition) is 2. The molecular weight excluding hydrogens is 312 g/mol. The Bertz CT molecular complexity index is 364. The van der Waals surface area contributed by atoms with Gasteiger partial charge in [-0.2, -0.15) is 0 Å². The van der Waals surface area contributed by atoms with E-state index in [4.69, 9.17) is 5.11 Å². The third kappa shape index (κ3) is 11.7. The van der Waals surface area contributed by atoms with Gasteiger partial charge in [0.25, 0.3) is 0 Å². The van der Waals surface area contributed by atoms with Crippen LogP contribution in [0.25, 0.3) is 0 Å². The van der Waals surface area contributed by atoms with Gasteiger partial charge in [-0.3, -0.25) is 9.00 Å². The molecule has 0 fully saturated rings. The van der Waals surface area contributed by atoms with Gasteiger partial charge in [-0.05, 0) is 44.9 Å². The standard InChI is InChI=1S/C18H36O4S/c1-17(2,15-19)11-7-5-9-13-23(22)14-10-6-8-12-18(3,4)16(20)21/h19H,5-15H2,1-4H3,(H,20,21). The summed E-state index contributed by atoms with van der Waals surface area (Å²) in [5, 5.41) is 18.2. The van der Waals surface area contributed by atoms with Crippen molar-refractivity contribution in [2.75, 3.05) is 18.1 Å². The molecule has 0 bridgehead atoms. The van der Waals surface area contributed by atoms with E-state index in [-0.39, 0.29) is 12.0 Å². The monoisotopic (exact) mass is 348 g/mol. The van der Waals surface area contributed by atoms with Gasteiger partial charge in [0.2, 0.25) is 0 Å². The predicted molar refractivity (Wildman–Crippen MR) is 97.1 cm³/mol. The van der Waals surface area contributed by atoms with Gasteiger partial charge in [-0.25, -0.2) is 0 Å². The summed E-state index contributed by atoms with van der Waals surface area (Å²) in [6.07, 6.45) is 7.57. The van der Waals surface area contributed by atoms with E-state index >= 15 is 0 Å². The SMILES string of the molecule is CC(C)(CO)CCCCCS(=O)CCCCCC(C)(C)C(=O)O. The Morgan fingerprint density at radius 1 is 0.870 bits per heavy atom. The molecule has 4 nitrogen and oxygen atoms in total. The molecule has 0 spiro atoms. The molecule has 0 aliphatic rings. The Hall–Kier alpha value is -0.420. The number of carboxylic acids is 1. The molecule has 138 valence electrons. The third-order valence-corrected chi connectivity index (χ3v) is 5.89. The van der Waals surface area contributed by atoms with Gasteiger partial charge in [0.05, 0.1) is 5.41 Å². The van der Waals surface area contributed by atoms with Crippen molar-refractivity contribution in [3.63, 3.8) is 0 Å². The summed E-state index contributed by atoms with van der Waals surface area (Å²) in [6, 6.07) is 0. The lowest BCUT2D eigenvalue weighted by Gasteiger charge is -2.20. The first kappa shape index (κ1) is 22.6. The van der Waals surface area contributed by atoms with Crippen molar-refractivity contribution in [3.05, 3.63) is 0 Å². The second kappa shape index (κ2) is 11.2. The number of aliphatic hydroxyl groups excluding tert-OH is 1. The molecule has 0 radical (unpaired) electrons. The normalized spacial score (nSPS) is 14.0. The molecule has 2 N–H and O–H groups in total. The maximum Gasteiger partial charge on any atom is 0.309 e. The van der Waals surface area contributed by atoms with Crippen molar-refractivity contribution in [3.8, 4) is 0 Å². The number of carboxylic acid groups (broad SMARTS) is 1. The van der Waals surface area contributed by atoms with E-state index in [2.05, 4.69) is 13.8 Å². The van der Waals surface area contributed by atoms with E-state index in [9.17, 15) is 14.1 Å². The Kier molecular flexibility index (Phi) is 11.0. The van der Waals surface area contributed by atoms with E-state index in [1.807, 2.05) is 0 Å². The summed E-state index contributed by atoms with van der Waals surface area (Å²) in [6.45, 7) is 7.86. The van der Waals surface area contributed by atoms with Crippen molar-refractivity contribution in [1.82, 2.24) is 0 Å². The highest BCUT2D eigenvalue weighted by Crippen LogP contribution is 2.24.